The fourth-order valence-corrected chi connectivity index (χ4v) is 1.94. The van der Waals surface area contributed by atoms with E-state index in [0.29, 0.717) is 17.0 Å². The summed E-state index contributed by atoms with van der Waals surface area (Å²) in [5.74, 6) is -0.579. The second-order valence-electron chi connectivity index (χ2n) is 4.17. The van der Waals surface area contributed by atoms with Gasteiger partial charge in [0, 0.05) is 12.4 Å². The molecule has 0 spiro atoms. The number of oxazole rings is 1. The van der Waals surface area contributed by atoms with Crippen molar-refractivity contribution >= 4 is 17.1 Å². The van der Waals surface area contributed by atoms with Gasteiger partial charge in [-0.15, -0.1) is 0 Å². The van der Waals surface area contributed by atoms with Crippen molar-refractivity contribution in [3.63, 3.8) is 0 Å². The van der Waals surface area contributed by atoms with E-state index in [9.17, 15) is 4.79 Å². The molecule has 0 aliphatic heterocycles. The monoisotopic (exact) mass is 257 g/mol. The Labute approximate surface area is 108 Å². The van der Waals surface area contributed by atoms with Crippen LogP contribution in [0.5, 0.6) is 0 Å². The molecule has 19 heavy (non-hydrogen) atoms. The van der Waals surface area contributed by atoms with E-state index in [1.807, 2.05) is 13.0 Å². The first-order chi connectivity index (χ1) is 9.16. The highest BCUT2D eigenvalue weighted by molar-refractivity contribution is 6.00. The van der Waals surface area contributed by atoms with Crippen molar-refractivity contribution in [1.29, 1.82) is 0 Å². The summed E-state index contributed by atoms with van der Waals surface area (Å²) in [4.78, 5) is 15.4. The lowest BCUT2D eigenvalue weighted by molar-refractivity contribution is 0.0699. The Hall–Kier alpha value is -2.63. The number of carbonyl (C=O) groups is 1. The van der Waals surface area contributed by atoms with Crippen LogP contribution in [0.25, 0.3) is 11.1 Å². The first kappa shape index (κ1) is 11.5. The number of aromatic nitrogens is 3. The normalized spacial score (nSPS) is 12.7. The molecule has 2 heterocycles. The third-order valence-corrected chi connectivity index (χ3v) is 2.95. The van der Waals surface area contributed by atoms with Crippen LogP contribution >= 0.6 is 0 Å². The van der Waals surface area contributed by atoms with Crippen molar-refractivity contribution in [2.24, 2.45) is 0 Å². The number of nitrogens with zero attached hydrogens (tertiary/aromatic N) is 3. The van der Waals surface area contributed by atoms with Crippen LogP contribution in [-0.4, -0.2) is 25.8 Å². The minimum absolute atomic E-state index is 0.139. The zero-order valence-electron chi connectivity index (χ0n) is 10.1. The van der Waals surface area contributed by atoms with Gasteiger partial charge in [-0.25, -0.2) is 9.78 Å². The highest BCUT2D eigenvalue weighted by Crippen LogP contribution is 2.24. The Kier molecular flexibility index (Phi) is 2.56. The lowest BCUT2D eigenvalue weighted by atomic mass is 10.2. The van der Waals surface area contributed by atoms with Crippen molar-refractivity contribution in [2.75, 3.05) is 0 Å². The standard InChI is InChI=1S/C13H11N3O3/c1-8(16-7-3-6-14-16)12-15-11-9(13(17)18)4-2-5-10(11)19-12/h2-8H,1H3,(H,17,18). The van der Waals surface area contributed by atoms with Gasteiger partial charge in [0.25, 0.3) is 0 Å². The van der Waals surface area contributed by atoms with Crippen LogP contribution in [0.2, 0.25) is 0 Å². The summed E-state index contributed by atoms with van der Waals surface area (Å²) >= 11 is 0. The van der Waals surface area contributed by atoms with E-state index in [4.69, 9.17) is 9.52 Å². The average molecular weight is 257 g/mol. The maximum absolute atomic E-state index is 11.1. The second-order valence-corrected chi connectivity index (χ2v) is 4.17. The summed E-state index contributed by atoms with van der Waals surface area (Å²) in [6.07, 6.45) is 3.47. The number of hydrogen-bond acceptors (Lipinski definition) is 4. The van der Waals surface area contributed by atoms with Crippen molar-refractivity contribution in [3.8, 4) is 0 Å². The summed E-state index contributed by atoms with van der Waals surface area (Å²) in [6.45, 7) is 1.89. The predicted molar refractivity (Wildman–Crippen MR) is 67.0 cm³/mol. The average Bonchev–Trinajstić information content (AvgIpc) is 3.06. The molecule has 0 amide bonds. The minimum Gasteiger partial charge on any atom is -0.478 e. The lowest BCUT2D eigenvalue weighted by Gasteiger charge is -2.06. The van der Waals surface area contributed by atoms with Gasteiger partial charge in [0.1, 0.15) is 11.6 Å². The topological polar surface area (TPSA) is 81.1 Å². The van der Waals surface area contributed by atoms with Crippen LogP contribution in [0.15, 0.2) is 41.1 Å². The van der Waals surface area contributed by atoms with Crippen LogP contribution in [0.1, 0.15) is 29.2 Å². The largest absolute Gasteiger partial charge is 0.478 e. The molecule has 1 atom stereocenters. The number of hydrogen-bond donors (Lipinski definition) is 1. The number of fused-ring (bicyclic) bond motifs is 1. The van der Waals surface area contributed by atoms with Crippen LogP contribution < -0.4 is 0 Å². The Morgan fingerprint density at radius 1 is 1.42 bits per heavy atom. The second kappa shape index (κ2) is 4.24. The number of benzene rings is 1. The van der Waals surface area contributed by atoms with E-state index >= 15 is 0 Å². The van der Waals surface area contributed by atoms with E-state index < -0.39 is 5.97 Å². The van der Waals surface area contributed by atoms with Gasteiger partial charge in [-0.2, -0.15) is 5.10 Å². The van der Waals surface area contributed by atoms with Gasteiger partial charge in [-0.05, 0) is 25.1 Å². The van der Waals surface area contributed by atoms with Crippen molar-refractivity contribution in [1.82, 2.24) is 14.8 Å². The van der Waals surface area contributed by atoms with Gasteiger partial charge in [-0.3, -0.25) is 4.68 Å². The number of carboxylic acids is 1. The first-order valence-electron chi connectivity index (χ1n) is 5.78. The molecule has 96 valence electrons. The van der Waals surface area contributed by atoms with E-state index in [-0.39, 0.29) is 11.6 Å². The molecule has 0 radical (unpaired) electrons. The molecule has 3 rings (SSSR count). The van der Waals surface area contributed by atoms with Gasteiger partial charge in [0.15, 0.2) is 5.58 Å². The van der Waals surface area contributed by atoms with Gasteiger partial charge < -0.3 is 9.52 Å². The summed E-state index contributed by atoms with van der Waals surface area (Å²) in [7, 11) is 0. The zero-order chi connectivity index (χ0) is 13.4. The smallest absolute Gasteiger partial charge is 0.338 e. The molecule has 1 N–H and O–H groups in total. The highest BCUT2D eigenvalue weighted by Gasteiger charge is 2.19. The maximum atomic E-state index is 11.1. The molecule has 2 aromatic heterocycles. The van der Waals surface area contributed by atoms with Gasteiger partial charge in [0.05, 0.1) is 5.56 Å². The number of para-hydroxylation sites is 1. The summed E-state index contributed by atoms with van der Waals surface area (Å²) < 4.78 is 7.31. The molecule has 3 aromatic rings. The quantitative estimate of drug-likeness (QED) is 0.778. The molecule has 6 heteroatoms. The van der Waals surface area contributed by atoms with Crippen molar-refractivity contribution < 1.29 is 14.3 Å². The van der Waals surface area contributed by atoms with Crippen molar-refractivity contribution in [3.05, 3.63) is 48.1 Å². The molecule has 0 bridgehead atoms. The van der Waals surface area contributed by atoms with Crippen molar-refractivity contribution in [2.45, 2.75) is 13.0 Å². The molecule has 0 saturated heterocycles. The molecular formula is C13H11N3O3. The summed E-state index contributed by atoms with van der Waals surface area (Å²) in [6, 6.07) is 6.47. The Bertz CT molecular complexity index is 731. The summed E-state index contributed by atoms with van der Waals surface area (Å²) in [5.41, 5.74) is 0.970. The fraction of sp³-hybridized carbons (Fsp3) is 0.154. The van der Waals surface area contributed by atoms with Gasteiger partial charge in [0.2, 0.25) is 5.89 Å². The molecule has 0 fully saturated rings. The molecule has 6 nitrogen and oxygen atoms in total. The van der Waals surface area contributed by atoms with Gasteiger partial charge >= 0.3 is 5.97 Å². The van der Waals surface area contributed by atoms with Crippen LogP contribution in [0.3, 0.4) is 0 Å². The third-order valence-electron chi connectivity index (χ3n) is 2.95. The first-order valence-corrected chi connectivity index (χ1v) is 5.78. The fourth-order valence-electron chi connectivity index (χ4n) is 1.94. The van der Waals surface area contributed by atoms with E-state index in [1.54, 1.807) is 29.2 Å². The lowest BCUT2D eigenvalue weighted by Crippen LogP contribution is -2.07. The summed E-state index contributed by atoms with van der Waals surface area (Å²) in [5, 5.41) is 13.2. The molecule has 0 saturated carbocycles. The van der Waals surface area contributed by atoms with E-state index in [1.165, 1.54) is 6.07 Å². The highest BCUT2D eigenvalue weighted by atomic mass is 16.4. The molecular weight excluding hydrogens is 246 g/mol. The minimum atomic E-state index is -1.02. The third kappa shape index (κ3) is 1.87. The molecule has 0 aliphatic carbocycles. The number of aromatic carboxylic acids is 1. The van der Waals surface area contributed by atoms with Crippen LogP contribution in [-0.2, 0) is 0 Å². The maximum Gasteiger partial charge on any atom is 0.338 e. The van der Waals surface area contributed by atoms with Gasteiger partial charge in [-0.1, -0.05) is 6.07 Å². The molecule has 0 aliphatic rings. The Morgan fingerprint density at radius 3 is 2.95 bits per heavy atom. The molecule has 1 unspecified atom stereocenters. The van der Waals surface area contributed by atoms with Crippen LogP contribution in [0.4, 0.5) is 0 Å². The SMILES string of the molecule is CC(c1nc2c(C(=O)O)cccc2o1)n1cccn1. The number of rotatable bonds is 3. The predicted octanol–water partition coefficient (Wildman–Crippen LogP) is 2.33. The van der Waals surface area contributed by atoms with Crippen LogP contribution in [0, 0.1) is 0 Å². The zero-order valence-corrected chi connectivity index (χ0v) is 10.1. The Balaban J connectivity index is 2.12. The Morgan fingerprint density at radius 2 is 2.26 bits per heavy atom. The molecule has 1 aromatic carbocycles. The van der Waals surface area contributed by atoms with E-state index in [0.717, 1.165) is 0 Å². The number of carboxylic acid groups (broad SMARTS) is 1. The van der Waals surface area contributed by atoms with E-state index in [2.05, 4.69) is 10.1 Å².